The average molecular weight is 579 g/mol. The Hall–Kier alpha value is -3.13. The molecular weight excluding hydrogens is 549 g/mol. The maximum atomic E-state index is 12.5. The molecule has 1 amide bonds. The molecule has 0 radical (unpaired) electrons. The third-order valence-electron chi connectivity index (χ3n) is 6.58. The lowest BCUT2D eigenvalue weighted by atomic mass is 9.87. The number of rotatable bonds is 8. The third kappa shape index (κ3) is 6.38. The Morgan fingerprint density at radius 2 is 1.77 bits per heavy atom. The molecule has 9 heteroatoms. The number of thioether (sulfide) groups is 1. The number of hydrogen-bond acceptors (Lipinski definition) is 5. The van der Waals surface area contributed by atoms with Crippen molar-refractivity contribution < 1.29 is 4.79 Å². The van der Waals surface area contributed by atoms with Crippen molar-refractivity contribution in [3.63, 3.8) is 0 Å². The maximum Gasteiger partial charge on any atom is 0.230 e. The van der Waals surface area contributed by atoms with Crippen molar-refractivity contribution in [2.45, 2.75) is 44.3 Å². The van der Waals surface area contributed by atoms with Crippen molar-refractivity contribution in [2.75, 3.05) is 12.3 Å². The summed E-state index contributed by atoms with van der Waals surface area (Å²) < 4.78 is 2.17. The van der Waals surface area contributed by atoms with Crippen molar-refractivity contribution in [3.05, 3.63) is 93.5 Å². The van der Waals surface area contributed by atoms with Crippen LogP contribution in [0.4, 0.5) is 0 Å². The first-order chi connectivity index (χ1) is 18.7. The molecule has 0 aliphatic heterocycles. The van der Waals surface area contributed by atoms with Gasteiger partial charge in [-0.1, -0.05) is 104 Å². The molecule has 2 heterocycles. The van der Waals surface area contributed by atoms with Crippen LogP contribution in [0.15, 0.2) is 71.9 Å². The van der Waals surface area contributed by atoms with E-state index in [1.807, 2.05) is 24.3 Å². The maximum absolute atomic E-state index is 12.5. The van der Waals surface area contributed by atoms with Gasteiger partial charge in [0.1, 0.15) is 5.52 Å². The summed E-state index contributed by atoms with van der Waals surface area (Å²) in [6.45, 7) is 7.77. The molecule has 2 aromatic heterocycles. The molecule has 0 saturated heterocycles. The monoisotopic (exact) mass is 577 g/mol. The second-order valence-corrected chi connectivity index (χ2v) is 12.2. The number of para-hydroxylation sites is 1. The number of benzene rings is 3. The first-order valence-electron chi connectivity index (χ1n) is 12.7. The van der Waals surface area contributed by atoms with E-state index in [0.717, 1.165) is 27.6 Å². The first-order valence-corrected chi connectivity index (χ1v) is 14.5. The standard InChI is InChI=1S/C30H29Cl2N5OS/c1-30(2,3)21-11-8-19(9-12-21)17-37-25-7-5-4-6-23(25)27-28(37)34-29(36-35-27)39-18-26(38)33-15-14-20-10-13-22(31)16-24(20)32/h4-13,16H,14-15,17-18H2,1-3H3,(H,33,38). The van der Waals surface area contributed by atoms with E-state index in [-0.39, 0.29) is 17.1 Å². The highest BCUT2D eigenvalue weighted by Crippen LogP contribution is 2.29. The number of aromatic nitrogens is 4. The van der Waals surface area contributed by atoms with Crippen molar-refractivity contribution in [2.24, 2.45) is 0 Å². The summed E-state index contributed by atoms with van der Waals surface area (Å²) in [6, 6.07) is 22.2. The number of nitrogens with zero attached hydrogens (tertiary/aromatic N) is 4. The van der Waals surface area contributed by atoms with Crippen molar-refractivity contribution in [1.82, 2.24) is 25.1 Å². The Bertz CT molecular complexity index is 1640. The molecule has 3 aromatic carbocycles. The van der Waals surface area contributed by atoms with Crippen LogP contribution in [0.2, 0.25) is 10.0 Å². The van der Waals surface area contributed by atoms with Crippen LogP contribution in [-0.2, 0) is 23.2 Å². The van der Waals surface area contributed by atoms with E-state index in [1.54, 1.807) is 12.1 Å². The number of carbonyl (C=O) groups is 1. The Morgan fingerprint density at radius 1 is 1.00 bits per heavy atom. The van der Waals surface area contributed by atoms with Crippen LogP contribution in [0.1, 0.15) is 37.5 Å². The highest BCUT2D eigenvalue weighted by molar-refractivity contribution is 7.99. The van der Waals surface area contributed by atoms with Crippen LogP contribution in [0.5, 0.6) is 0 Å². The van der Waals surface area contributed by atoms with Gasteiger partial charge in [-0.3, -0.25) is 4.79 Å². The number of fused-ring (bicyclic) bond motifs is 3. The summed E-state index contributed by atoms with van der Waals surface area (Å²) >= 11 is 13.5. The zero-order chi connectivity index (χ0) is 27.6. The van der Waals surface area contributed by atoms with E-state index in [0.29, 0.717) is 34.7 Å². The molecule has 1 N–H and O–H groups in total. The lowest BCUT2D eigenvalue weighted by Crippen LogP contribution is -2.27. The molecule has 0 fully saturated rings. The first kappa shape index (κ1) is 27.4. The molecule has 0 spiro atoms. The average Bonchev–Trinajstić information content (AvgIpc) is 3.21. The molecule has 0 unspecified atom stereocenters. The van der Waals surface area contributed by atoms with Gasteiger partial charge in [-0.05, 0) is 46.7 Å². The molecule has 5 rings (SSSR count). The van der Waals surface area contributed by atoms with Gasteiger partial charge in [-0.15, -0.1) is 10.2 Å². The van der Waals surface area contributed by atoms with E-state index in [9.17, 15) is 4.79 Å². The molecule has 200 valence electrons. The van der Waals surface area contributed by atoms with Crippen LogP contribution in [0, 0.1) is 0 Å². The Kier molecular flexibility index (Phi) is 8.12. The molecule has 0 aliphatic rings. The van der Waals surface area contributed by atoms with E-state index >= 15 is 0 Å². The van der Waals surface area contributed by atoms with Crippen LogP contribution >= 0.6 is 35.0 Å². The van der Waals surface area contributed by atoms with Gasteiger partial charge < -0.3 is 9.88 Å². The normalized spacial score (nSPS) is 11.8. The molecular formula is C30H29Cl2N5OS. The summed E-state index contributed by atoms with van der Waals surface area (Å²) in [5, 5.41) is 14.4. The summed E-state index contributed by atoms with van der Waals surface area (Å²) in [7, 11) is 0. The fraction of sp³-hybridized carbons (Fsp3) is 0.267. The van der Waals surface area contributed by atoms with E-state index < -0.39 is 0 Å². The zero-order valence-electron chi connectivity index (χ0n) is 22.0. The molecule has 39 heavy (non-hydrogen) atoms. The predicted octanol–water partition coefficient (Wildman–Crippen LogP) is 7.08. The van der Waals surface area contributed by atoms with E-state index in [4.69, 9.17) is 28.2 Å². The van der Waals surface area contributed by atoms with Gasteiger partial charge in [-0.2, -0.15) is 0 Å². The minimum atomic E-state index is -0.103. The lowest BCUT2D eigenvalue weighted by molar-refractivity contribution is -0.118. The van der Waals surface area contributed by atoms with Crippen LogP contribution < -0.4 is 5.32 Å². The lowest BCUT2D eigenvalue weighted by Gasteiger charge is -2.19. The molecule has 6 nitrogen and oxygen atoms in total. The number of nitrogens with one attached hydrogen (secondary N) is 1. The molecule has 0 aliphatic carbocycles. The largest absolute Gasteiger partial charge is 0.355 e. The van der Waals surface area contributed by atoms with Gasteiger partial charge in [-0.25, -0.2) is 4.98 Å². The van der Waals surface area contributed by atoms with Crippen LogP contribution in [-0.4, -0.2) is 38.0 Å². The van der Waals surface area contributed by atoms with Gasteiger partial charge in [0.15, 0.2) is 5.65 Å². The highest BCUT2D eigenvalue weighted by Gasteiger charge is 2.17. The number of hydrogen-bond donors (Lipinski definition) is 1. The number of carbonyl (C=O) groups excluding carboxylic acids is 1. The Balaban J connectivity index is 1.30. The highest BCUT2D eigenvalue weighted by atomic mass is 35.5. The van der Waals surface area contributed by atoms with Crippen LogP contribution in [0.25, 0.3) is 22.1 Å². The van der Waals surface area contributed by atoms with Crippen molar-refractivity contribution >= 4 is 62.9 Å². The number of halogens is 2. The van der Waals surface area contributed by atoms with Gasteiger partial charge >= 0.3 is 0 Å². The van der Waals surface area contributed by atoms with E-state index in [2.05, 4.69) is 71.2 Å². The quantitative estimate of drug-likeness (QED) is 0.199. The fourth-order valence-electron chi connectivity index (χ4n) is 4.45. The van der Waals surface area contributed by atoms with Crippen molar-refractivity contribution in [3.8, 4) is 0 Å². The summed E-state index contributed by atoms with van der Waals surface area (Å²) in [6.07, 6.45) is 0.618. The molecule has 5 aromatic rings. The zero-order valence-corrected chi connectivity index (χ0v) is 24.4. The van der Waals surface area contributed by atoms with Gasteiger partial charge in [0, 0.05) is 28.5 Å². The molecule has 0 atom stereocenters. The SMILES string of the molecule is CC(C)(C)c1ccc(Cn2c3ccccc3c3nnc(SCC(=O)NCCc4ccc(Cl)cc4Cl)nc32)cc1. The second-order valence-electron chi connectivity index (χ2n) is 10.4. The van der Waals surface area contributed by atoms with Gasteiger partial charge in [0.2, 0.25) is 11.1 Å². The van der Waals surface area contributed by atoms with Crippen molar-refractivity contribution in [1.29, 1.82) is 0 Å². The minimum Gasteiger partial charge on any atom is -0.355 e. The minimum absolute atomic E-state index is 0.101. The predicted molar refractivity (Wildman–Crippen MR) is 161 cm³/mol. The second kappa shape index (κ2) is 11.5. The van der Waals surface area contributed by atoms with Gasteiger partial charge in [0.25, 0.3) is 0 Å². The summed E-state index contributed by atoms with van der Waals surface area (Å²) in [4.78, 5) is 17.3. The summed E-state index contributed by atoms with van der Waals surface area (Å²) in [5.41, 5.74) is 6.08. The molecule has 0 saturated carbocycles. The summed E-state index contributed by atoms with van der Waals surface area (Å²) in [5.74, 6) is 0.0870. The smallest absolute Gasteiger partial charge is 0.230 e. The van der Waals surface area contributed by atoms with E-state index in [1.165, 1.54) is 22.9 Å². The Morgan fingerprint density at radius 3 is 2.51 bits per heavy atom. The number of amides is 1. The van der Waals surface area contributed by atoms with Crippen LogP contribution in [0.3, 0.4) is 0 Å². The Labute approximate surface area is 242 Å². The topological polar surface area (TPSA) is 72.7 Å². The third-order valence-corrected chi connectivity index (χ3v) is 8.00. The molecule has 0 bridgehead atoms. The fourth-order valence-corrected chi connectivity index (χ4v) is 5.56. The van der Waals surface area contributed by atoms with Gasteiger partial charge in [0.05, 0.1) is 11.3 Å².